The van der Waals surface area contributed by atoms with Crippen LogP contribution in [0.4, 0.5) is 0 Å². The SMILES string of the molecule is Cc1ccc(CNC2CC2)c(Cc2cccnc2)c1. The number of nitrogens with zero attached hydrogens (tertiary/aromatic N) is 1. The maximum atomic E-state index is 4.20. The summed E-state index contributed by atoms with van der Waals surface area (Å²) < 4.78 is 0. The zero-order chi connectivity index (χ0) is 13.1. The van der Waals surface area contributed by atoms with E-state index >= 15 is 0 Å². The topological polar surface area (TPSA) is 24.9 Å². The summed E-state index contributed by atoms with van der Waals surface area (Å²) in [6.07, 6.45) is 7.43. The van der Waals surface area contributed by atoms with Gasteiger partial charge in [0, 0.05) is 25.0 Å². The van der Waals surface area contributed by atoms with Gasteiger partial charge < -0.3 is 5.32 Å². The van der Waals surface area contributed by atoms with Gasteiger partial charge in [0.05, 0.1) is 0 Å². The standard InChI is InChI=1S/C17H20N2/c1-13-4-5-15(12-19-17-6-7-17)16(9-13)10-14-3-2-8-18-11-14/h2-5,8-9,11,17,19H,6-7,10,12H2,1H3. The second-order valence-corrected chi connectivity index (χ2v) is 5.47. The third-order valence-corrected chi connectivity index (χ3v) is 3.64. The third kappa shape index (κ3) is 3.42. The molecule has 19 heavy (non-hydrogen) atoms. The fourth-order valence-corrected chi connectivity index (χ4v) is 2.36. The fourth-order valence-electron chi connectivity index (χ4n) is 2.36. The Bertz CT molecular complexity index is 544. The second kappa shape index (κ2) is 5.54. The van der Waals surface area contributed by atoms with Gasteiger partial charge in [0.2, 0.25) is 0 Å². The average molecular weight is 252 g/mol. The third-order valence-electron chi connectivity index (χ3n) is 3.64. The van der Waals surface area contributed by atoms with Crippen LogP contribution in [0.3, 0.4) is 0 Å². The smallest absolute Gasteiger partial charge is 0.0303 e. The van der Waals surface area contributed by atoms with Gasteiger partial charge in [-0.25, -0.2) is 0 Å². The average Bonchev–Trinajstić information content (AvgIpc) is 3.23. The summed E-state index contributed by atoms with van der Waals surface area (Å²) in [5.41, 5.74) is 5.44. The van der Waals surface area contributed by atoms with Crippen LogP contribution in [0.25, 0.3) is 0 Å². The molecule has 1 saturated carbocycles. The van der Waals surface area contributed by atoms with E-state index in [1.165, 1.54) is 35.1 Å². The van der Waals surface area contributed by atoms with E-state index in [1.54, 1.807) is 0 Å². The van der Waals surface area contributed by atoms with Gasteiger partial charge >= 0.3 is 0 Å². The zero-order valence-electron chi connectivity index (χ0n) is 11.4. The number of aromatic nitrogens is 1. The number of nitrogens with one attached hydrogen (secondary N) is 1. The van der Waals surface area contributed by atoms with E-state index in [2.05, 4.69) is 41.5 Å². The molecule has 3 rings (SSSR count). The molecule has 0 radical (unpaired) electrons. The van der Waals surface area contributed by atoms with Crippen molar-refractivity contribution in [3.8, 4) is 0 Å². The number of hydrogen-bond donors (Lipinski definition) is 1. The van der Waals surface area contributed by atoms with Crippen LogP contribution < -0.4 is 5.32 Å². The first-order valence-corrected chi connectivity index (χ1v) is 7.02. The van der Waals surface area contributed by atoms with E-state index in [1.807, 2.05) is 18.5 Å². The second-order valence-electron chi connectivity index (χ2n) is 5.47. The first-order chi connectivity index (χ1) is 9.31. The molecule has 2 heteroatoms. The van der Waals surface area contributed by atoms with Crippen molar-refractivity contribution in [3.63, 3.8) is 0 Å². The minimum absolute atomic E-state index is 0.757. The van der Waals surface area contributed by atoms with Crippen LogP contribution >= 0.6 is 0 Å². The van der Waals surface area contributed by atoms with Crippen molar-refractivity contribution in [2.75, 3.05) is 0 Å². The number of pyridine rings is 1. The van der Waals surface area contributed by atoms with E-state index in [0.29, 0.717) is 0 Å². The predicted octanol–water partition coefficient (Wildman–Crippen LogP) is 3.23. The molecule has 0 aliphatic heterocycles. The normalized spacial score (nSPS) is 14.6. The zero-order valence-corrected chi connectivity index (χ0v) is 11.4. The van der Waals surface area contributed by atoms with E-state index in [9.17, 15) is 0 Å². The number of hydrogen-bond acceptors (Lipinski definition) is 2. The quantitative estimate of drug-likeness (QED) is 0.883. The van der Waals surface area contributed by atoms with Crippen molar-refractivity contribution < 1.29 is 0 Å². The Kier molecular flexibility index (Phi) is 3.60. The molecular weight excluding hydrogens is 232 g/mol. The summed E-state index contributed by atoms with van der Waals surface area (Å²) in [6, 6.07) is 11.7. The summed E-state index contributed by atoms with van der Waals surface area (Å²) in [6.45, 7) is 3.14. The Balaban J connectivity index is 1.78. The molecule has 1 aliphatic rings. The first-order valence-electron chi connectivity index (χ1n) is 7.02. The Labute approximate surface area is 114 Å². The number of benzene rings is 1. The molecule has 2 nitrogen and oxygen atoms in total. The number of rotatable bonds is 5. The van der Waals surface area contributed by atoms with Crippen molar-refractivity contribution in [1.29, 1.82) is 0 Å². The molecule has 1 aromatic carbocycles. The molecule has 0 spiro atoms. The summed E-state index contributed by atoms with van der Waals surface area (Å²) in [5.74, 6) is 0. The van der Waals surface area contributed by atoms with Gasteiger partial charge in [-0.15, -0.1) is 0 Å². The maximum absolute atomic E-state index is 4.20. The minimum Gasteiger partial charge on any atom is -0.310 e. The highest BCUT2D eigenvalue weighted by Gasteiger charge is 2.20. The molecular formula is C17H20N2. The Hall–Kier alpha value is -1.67. The van der Waals surface area contributed by atoms with Crippen molar-refractivity contribution in [3.05, 3.63) is 65.0 Å². The highest BCUT2D eigenvalue weighted by atomic mass is 14.9. The van der Waals surface area contributed by atoms with Gasteiger partial charge in [-0.1, -0.05) is 29.8 Å². The molecule has 1 heterocycles. The van der Waals surface area contributed by atoms with Crippen LogP contribution in [0.2, 0.25) is 0 Å². The lowest BCUT2D eigenvalue weighted by Gasteiger charge is -2.11. The summed E-state index contributed by atoms with van der Waals surface area (Å²) in [7, 11) is 0. The lowest BCUT2D eigenvalue weighted by Crippen LogP contribution is -2.16. The fraction of sp³-hybridized carbons (Fsp3) is 0.353. The molecule has 0 unspecified atom stereocenters. The maximum Gasteiger partial charge on any atom is 0.0303 e. The van der Waals surface area contributed by atoms with E-state index in [4.69, 9.17) is 0 Å². The van der Waals surface area contributed by atoms with Crippen LogP contribution in [0.1, 0.15) is 35.1 Å². The van der Waals surface area contributed by atoms with Gasteiger partial charge in [-0.05, 0) is 48.9 Å². The van der Waals surface area contributed by atoms with Gasteiger partial charge in [0.25, 0.3) is 0 Å². The number of aryl methyl sites for hydroxylation is 1. The van der Waals surface area contributed by atoms with E-state index < -0.39 is 0 Å². The summed E-state index contributed by atoms with van der Waals surface area (Å²) >= 11 is 0. The molecule has 1 aliphatic carbocycles. The van der Waals surface area contributed by atoms with Crippen molar-refractivity contribution >= 4 is 0 Å². The molecule has 0 atom stereocenters. The molecule has 98 valence electrons. The van der Waals surface area contributed by atoms with Crippen LogP contribution in [-0.2, 0) is 13.0 Å². The van der Waals surface area contributed by atoms with E-state index in [-0.39, 0.29) is 0 Å². The van der Waals surface area contributed by atoms with Gasteiger partial charge in [-0.2, -0.15) is 0 Å². The largest absolute Gasteiger partial charge is 0.310 e. The molecule has 1 N–H and O–H groups in total. The lowest BCUT2D eigenvalue weighted by molar-refractivity contribution is 0.683. The first kappa shape index (κ1) is 12.4. The molecule has 1 aromatic heterocycles. The predicted molar refractivity (Wildman–Crippen MR) is 78.1 cm³/mol. The van der Waals surface area contributed by atoms with Gasteiger partial charge in [-0.3, -0.25) is 4.98 Å². The van der Waals surface area contributed by atoms with Crippen LogP contribution in [0.15, 0.2) is 42.7 Å². The molecule has 0 amide bonds. The molecule has 2 aromatic rings. The van der Waals surface area contributed by atoms with Crippen molar-refractivity contribution in [2.24, 2.45) is 0 Å². The Morgan fingerprint density at radius 3 is 2.84 bits per heavy atom. The van der Waals surface area contributed by atoms with Gasteiger partial charge in [0.1, 0.15) is 0 Å². The van der Waals surface area contributed by atoms with Crippen LogP contribution in [-0.4, -0.2) is 11.0 Å². The highest BCUT2D eigenvalue weighted by molar-refractivity contribution is 5.35. The summed E-state index contributed by atoms with van der Waals surface area (Å²) in [5, 5.41) is 3.60. The van der Waals surface area contributed by atoms with Gasteiger partial charge in [0.15, 0.2) is 0 Å². The molecule has 1 fully saturated rings. The Morgan fingerprint density at radius 2 is 2.11 bits per heavy atom. The van der Waals surface area contributed by atoms with Crippen LogP contribution in [0, 0.1) is 6.92 Å². The van der Waals surface area contributed by atoms with Crippen molar-refractivity contribution in [2.45, 2.75) is 38.8 Å². The van der Waals surface area contributed by atoms with Crippen LogP contribution in [0.5, 0.6) is 0 Å². The summed E-state index contributed by atoms with van der Waals surface area (Å²) in [4.78, 5) is 4.20. The van der Waals surface area contributed by atoms with Crippen molar-refractivity contribution in [1.82, 2.24) is 10.3 Å². The molecule has 0 bridgehead atoms. The monoisotopic (exact) mass is 252 g/mol. The Morgan fingerprint density at radius 1 is 1.21 bits per heavy atom. The molecule has 0 saturated heterocycles. The lowest BCUT2D eigenvalue weighted by atomic mass is 9.98. The van der Waals surface area contributed by atoms with E-state index in [0.717, 1.165) is 19.0 Å². The highest BCUT2D eigenvalue weighted by Crippen LogP contribution is 2.21. The minimum atomic E-state index is 0.757.